The molecule has 0 bridgehead atoms. The number of rotatable bonds is 1. The van der Waals surface area contributed by atoms with Gasteiger partial charge in [0, 0.05) is 5.56 Å². The Balaban J connectivity index is 3.45. The summed E-state index contributed by atoms with van der Waals surface area (Å²) in [5.41, 5.74) is -0.959. The lowest BCUT2D eigenvalue weighted by molar-refractivity contribution is 0.150. The zero-order valence-electron chi connectivity index (χ0n) is 9.31. The highest BCUT2D eigenvalue weighted by Crippen LogP contribution is 2.31. The van der Waals surface area contributed by atoms with Crippen LogP contribution in [-0.2, 0) is 5.41 Å². The van der Waals surface area contributed by atoms with Crippen molar-refractivity contribution in [3.05, 3.63) is 34.6 Å². The topological polar surface area (TPSA) is 23.8 Å². The number of halogens is 3. The molecule has 0 aromatic heterocycles. The number of nitrogens with zero attached hydrogens (tertiary/aromatic N) is 1. The molecule has 1 aromatic rings. The molecule has 0 aliphatic heterocycles. The maximum Gasteiger partial charge on any atom is 0.265 e. The SMILES string of the molecule is CC(C)(C)c1cc(C#N)c(C(F)F)cc1F. The third-order valence-corrected chi connectivity index (χ3v) is 2.30. The van der Waals surface area contributed by atoms with Crippen LogP contribution in [0.3, 0.4) is 0 Å². The van der Waals surface area contributed by atoms with Crippen LogP contribution in [0, 0.1) is 17.1 Å². The van der Waals surface area contributed by atoms with Gasteiger partial charge in [0.1, 0.15) is 5.82 Å². The normalized spacial score (nSPS) is 11.6. The van der Waals surface area contributed by atoms with Gasteiger partial charge in [-0.3, -0.25) is 0 Å². The highest BCUT2D eigenvalue weighted by molar-refractivity contribution is 5.44. The van der Waals surface area contributed by atoms with Gasteiger partial charge >= 0.3 is 0 Å². The fraction of sp³-hybridized carbons (Fsp3) is 0.417. The van der Waals surface area contributed by atoms with Crippen LogP contribution < -0.4 is 0 Å². The Morgan fingerprint density at radius 2 is 1.81 bits per heavy atom. The van der Waals surface area contributed by atoms with Gasteiger partial charge in [0.05, 0.1) is 11.6 Å². The number of benzene rings is 1. The molecule has 0 radical (unpaired) electrons. The van der Waals surface area contributed by atoms with E-state index < -0.39 is 23.2 Å². The van der Waals surface area contributed by atoms with Crippen LogP contribution in [0.2, 0.25) is 0 Å². The van der Waals surface area contributed by atoms with Crippen molar-refractivity contribution in [3.8, 4) is 6.07 Å². The van der Waals surface area contributed by atoms with Crippen molar-refractivity contribution in [1.82, 2.24) is 0 Å². The maximum atomic E-state index is 13.6. The van der Waals surface area contributed by atoms with Crippen LogP contribution in [0.15, 0.2) is 12.1 Å². The van der Waals surface area contributed by atoms with Gasteiger partial charge < -0.3 is 0 Å². The smallest absolute Gasteiger partial charge is 0.207 e. The molecule has 4 heteroatoms. The molecule has 1 aromatic carbocycles. The first kappa shape index (κ1) is 12.6. The zero-order valence-corrected chi connectivity index (χ0v) is 9.31. The van der Waals surface area contributed by atoms with Crippen molar-refractivity contribution in [1.29, 1.82) is 5.26 Å². The van der Waals surface area contributed by atoms with Gasteiger partial charge in [-0.15, -0.1) is 0 Å². The first-order chi connectivity index (χ1) is 7.27. The molecule has 0 spiro atoms. The van der Waals surface area contributed by atoms with E-state index >= 15 is 0 Å². The fourth-order valence-corrected chi connectivity index (χ4v) is 1.44. The summed E-state index contributed by atoms with van der Waals surface area (Å²) < 4.78 is 38.6. The minimum Gasteiger partial charge on any atom is -0.207 e. The van der Waals surface area contributed by atoms with Gasteiger partial charge in [0.2, 0.25) is 0 Å². The maximum absolute atomic E-state index is 13.6. The van der Waals surface area contributed by atoms with E-state index in [4.69, 9.17) is 5.26 Å². The molecule has 0 heterocycles. The highest BCUT2D eigenvalue weighted by atomic mass is 19.3. The van der Waals surface area contributed by atoms with Crippen LogP contribution in [-0.4, -0.2) is 0 Å². The second-order valence-corrected chi connectivity index (χ2v) is 4.58. The number of alkyl halides is 2. The largest absolute Gasteiger partial charge is 0.265 e. The molecule has 1 nitrogen and oxygen atoms in total. The van der Waals surface area contributed by atoms with E-state index in [0.717, 1.165) is 6.07 Å². The second-order valence-electron chi connectivity index (χ2n) is 4.58. The predicted molar refractivity (Wildman–Crippen MR) is 54.8 cm³/mol. The predicted octanol–water partition coefficient (Wildman–Crippen LogP) is 3.93. The van der Waals surface area contributed by atoms with Crippen LogP contribution in [0.5, 0.6) is 0 Å². The van der Waals surface area contributed by atoms with E-state index in [-0.39, 0.29) is 11.1 Å². The number of hydrogen-bond acceptors (Lipinski definition) is 1. The standard InChI is InChI=1S/C12H12F3N/c1-12(2,3)9-4-7(6-16)8(11(14)15)5-10(9)13/h4-5,11H,1-3H3. The van der Waals surface area contributed by atoms with Crippen LogP contribution >= 0.6 is 0 Å². The minimum absolute atomic E-state index is 0.165. The lowest BCUT2D eigenvalue weighted by Crippen LogP contribution is -2.14. The Kier molecular flexibility index (Phi) is 3.27. The van der Waals surface area contributed by atoms with Crippen LogP contribution in [0.1, 0.15) is 43.9 Å². The highest BCUT2D eigenvalue weighted by Gasteiger charge is 2.23. The average molecular weight is 227 g/mol. The van der Waals surface area contributed by atoms with Crippen LogP contribution in [0.25, 0.3) is 0 Å². The molecule has 0 atom stereocenters. The van der Waals surface area contributed by atoms with Crippen molar-refractivity contribution >= 4 is 0 Å². The Morgan fingerprint density at radius 3 is 2.19 bits per heavy atom. The Hall–Kier alpha value is -1.50. The summed E-state index contributed by atoms with van der Waals surface area (Å²) in [4.78, 5) is 0. The van der Waals surface area contributed by atoms with Gasteiger partial charge in [-0.1, -0.05) is 20.8 Å². The van der Waals surface area contributed by atoms with Gasteiger partial charge in [0.15, 0.2) is 0 Å². The lowest BCUT2D eigenvalue weighted by atomic mass is 9.85. The first-order valence-electron chi connectivity index (χ1n) is 4.79. The molecule has 0 saturated carbocycles. The van der Waals surface area contributed by atoms with E-state index in [1.165, 1.54) is 6.07 Å². The van der Waals surface area contributed by atoms with Crippen molar-refractivity contribution in [2.45, 2.75) is 32.6 Å². The van der Waals surface area contributed by atoms with E-state index in [1.807, 2.05) is 0 Å². The summed E-state index contributed by atoms with van der Waals surface area (Å²) in [5, 5.41) is 8.74. The Labute approximate surface area is 92.5 Å². The van der Waals surface area contributed by atoms with Crippen molar-refractivity contribution in [2.24, 2.45) is 0 Å². The monoisotopic (exact) mass is 227 g/mol. The summed E-state index contributed by atoms with van der Waals surface area (Å²) in [6.45, 7) is 5.28. The Morgan fingerprint density at radius 1 is 1.25 bits per heavy atom. The Bertz CT molecular complexity index is 439. The quantitative estimate of drug-likeness (QED) is 0.713. The molecule has 86 valence electrons. The summed E-state index contributed by atoms with van der Waals surface area (Å²) in [7, 11) is 0. The molecule has 0 amide bonds. The molecule has 0 fully saturated rings. The van der Waals surface area contributed by atoms with Crippen molar-refractivity contribution < 1.29 is 13.2 Å². The molecular weight excluding hydrogens is 215 g/mol. The third-order valence-electron chi connectivity index (χ3n) is 2.30. The third kappa shape index (κ3) is 2.35. The summed E-state index contributed by atoms with van der Waals surface area (Å²) in [5.74, 6) is -0.693. The van der Waals surface area contributed by atoms with Gasteiger partial charge in [-0.2, -0.15) is 5.26 Å². The summed E-state index contributed by atoms with van der Waals surface area (Å²) in [6.07, 6.45) is -2.84. The molecule has 0 aliphatic rings. The van der Waals surface area contributed by atoms with Gasteiger partial charge in [-0.05, 0) is 23.1 Å². The fourth-order valence-electron chi connectivity index (χ4n) is 1.44. The minimum atomic E-state index is -2.84. The van der Waals surface area contributed by atoms with Crippen LogP contribution in [0.4, 0.5) is 13.2 Å². The van der Waals surface area contributed by atoms with Crippen molar-refractivity contribution in [2.75, 3.05) is 0 Å². The molecular formula is C12H12F3N. The lowest BCUT2D eigenvalue weighted by Gasteiger charge is -2.20. The molecule has 1 rings (SSSR count). The molecule has 16 heavy (non-hydrogen) atoms. The van der Waals surface area contributed by atoms with Gasteiger partial charge in [0.25, 0.3) is 6.43 Å². The summed E-state index contributed by atoms with van der Waals surface area (Å²) in [6, 6.07) is 3.63. The molecule has 0 N–H and O–H groups in total. The van der Waals surface area contributed by atoms with Crippen molar-refractivity contribution in [3.63, 3.8) is 0 Å². The zero-order chi connectivity index (χ0) is 12.5. The summed E-state index contributed by atoms with van der Waals surface area (Å²) >= 11 is 0. The van der Waals surface area contributed by atoms with E-state index in [2.05, 4.69) is 0 Å². The average Bonchev–Trinajstić information content (AvgIpc) is 2.15. The van der Waals surface area contributed by atoms with E-state index in [0.29, 0.717) is 0 Å². The number of nitriles is 1. The van der Waals surface area contributed by atoms with Gasteiger partial charge in [-0.25, -0.2) is 13.2 Å². The molecule has 0 aliphatic carbocycles. The second kappa shape index (κ2) is 4.17. The number of hydrogen-bond donors (Lipinski definition) is 0. The van der Waals surface area contributed by atoms with E-state index in [9.17, 15) is 13.2 Å². The molecule has 0 unspecified atom stereocenters. The van der Waals surface area contributed by atoms with E-state index in [1.54, 1.807) is 26.8 Å². The first-order valence-corrected chi connectivity index (χ1v) is 4.79. The molecule has 0 saturated heterocycles.